The van der Waals surface area contributed by atoms with E-state index in [0.29, 0.717) is 16.3 Å². The number of carbonyl (C=O) groups is 1. The van der Waals surface area contributed by atoms with Crippen LogP contribution in [0.1, 0.15) is 35.0 Å². The molecule has 0 bridgehead atoms. The SMILES string of the molecule is O=C(O)c1oc(-c2cc(Cl)ccc2Br)nc1C1CC1. The first-order chi connectivity index (χ1) is 9.06. The number of rotatable bonds is 3. The van der Waals surface area contributed by atoms with Gasteiger partial charge in [-0.2, -0.15) is 0 Å². The summed E-state index contributed by atoms with van der Waals surface area (Å²) in [7, 11) is 0. The Kier molecular flexibility index (Phi) is 3.11. The quantitative estimate of drug-likeness (QED) is 0.901. The Morgan fingerprint density at radius 1 is 1.47 bits per heavy atom. The maximum Gasteiger partial charge on any atom is 0.373 e. The number of hydrogen-bond acceptors (Lipinski definition) is 3. The molecule has 1 aromatic heterocycles. The van der Waals surface area contributed by atoms with Crippen LogP contribution in [-0.4, -0.2) is 16.1 Å². The molecule has 0 unspecified atom stereocenters. The molecule has 0 aliphatic heterocycles. The third-order valence-corrected chi connectivity index (χ3v) is 3.90. The fourth-order valence-electron chi connectivity index (χ4n) is 1.90. The Labute approximate surface area is 122 Å². The summed E-state index contributed by atoms with van der Waals surface area (Å²) in [5.74, 6) is -0.654. The van der Waals surface area contributed by atoms with Crippen LogP contribution in [0.15, 0.2) is 27.1 Å². The molecule has 1 N–H and O–H groups in total. The van der Waals surface area contributed by atoms with Gasteiger partial charge in [0.2, 0.25) is 11.7 Å². The summed E-state index contributed by atoms with van der Waals surface area (Å²) >= 11 is 9.33. The first-order valence-electron chi connectivity index (χ1n) is 5.75. The average molecular weight is 343 g/mol. The van der Waals surface area contributed by atoms with E-state index in [2.05, 4.69) is 20.9 Å². The minimum absolute atomic E-state index is 0.0654. The van der Waals surface area contributed by atoms with Gasteiger partial charge in [0.05, 0.1) is 11.3 Å². The normalized spacial score (nSPS) is 14.6. The van der Waals surface area contributed by atoms with Crippen LogP contribution in [0.5, 0.6) is 0 Å². The summed E-state index contributed by atoms with van der Waals surface area (Å²) in [4.78, 5) is 15.5. The average Bonchev–Trinajstić information content (AvgIpc) is 3.11. The molecule has 4 nitrogen and oxygen atoms in total. The number of carboxylic acid groups (broad SMARTS) is 1. The van der Waals surface area contributed by atoms with E-state index in [-0.39, 0.29) is 17.6 Å². The maximum absolute atomic E-state index is 11.2. The van der Waals surface area contributed by atoms with Gasteiger partial charge in [-0.25, -0.2) is 9.78 Å². The van der Waals surface area contributed by atoms with Crippen molar-refractivity contribution in [2.75, 3.05) is 0 Å². The van der Waals surface area contributed by atoms with Crippen LogP contribution in [0, 0.1) is 0 Å². The van der Waals surface area contributed by atoms with Crippen LogP contribution < -0.4 is 0 Å². The lowest BCUT2D eigenvalue weighted by atomic mass is 10.2. The van der Waals surface area contributed by atoms with Crippen LogP contribution in [0.25, 0.3) is 11.5 Å². The van der Waals surface area contributed by atoms with Crippen molar-refractivity contribution in [1.29, 1.82) is 0 Å². The van der Waals surface area contributed by atoms with Crippen molar-refractivity contribution in [3.05, 3.63) is 39.1 Å². The van der Waals surface area contributed by atoms with Crippen LogP contribution in [-0.2, 0) is 0 Å². The second-order valence-corrected chi connectivity index (χ2v) is 5.73. The van der Waals surface area contributed by atoms with Crippen molar-refractivity contribution in [3.63, 3.8) is 0 Å². The first kappa shape index (κ1) is 12.7. The molecular weight excluding hydrogens is 334 g/mol. The molecule has 0 spiro atoms. The number of benzene rings is 1. The summed E-state index contributed by atoms with van der Waals surface area (Å²) in [6.07, 6.45) is 1.92. The monoisotopic (exact) mass is 341 g/mol. The molecule has 2 aromatic rings. The van der Waals surface area contributed by atoms with Crippen molar-refractivity contribution in [2.24, 2.45) is 0 Å². The van der Waals surface area contributed by atoms with Gasteiger partial charge in [-0.15, -0.1) is 0 Å². The third-order valence-electron chi connectivity index (χ3n) is 2.97. The van der Waals surface area contributed by atoms with Gasteiger partial charge in [-0.05, 0) is 47.0 Å². The molecule has 1 aromatic carbocycles. The minimum Gasteiger partial charge on any atom is -0.475 e. The zero-order chi connectivity index (χ0) is 13.6. The summed E-state index contributed by atoms with van der Waals surface area (Å²) in [6, 6.07) is 5.21. The van der Waals surface area contributed by atoms with E-state index in [1.807, 2.05) is 0 Å². The van der Waals surface area contributed by atoms with Gasteiger partial charge < -0.3 is 9.52 Å². The molecule has 98 valence electrons. The number of halogens is 2. The highest BCUT2D eigenvalue weighted by Crippen LogP contribution is 2.43. The Balaban J connectivity index is 2.12. The maximum atomic E-state index is 11.2. The molecule has 1 heterocycles. The molecule has 1 saturated carbocycles. The van der Waals surface area contributed by atoms with Crippen LogP contribution in [0.2, 0.25) is 5.02 Å². The molecule has 6 heteroatoms. The first-order valence-corrected chi connectivity index (χ1v) is 6.93. The summed E-state index contributed by atoms with van der Waals surface area (Å²) in [5.41, 5.74) is 1.19. The second kappa shape index (κ2) is 4.65. The van der Waals surface area contributed by atoms with Gasteiger partial charge in [-0.3, -0.25) is 0 Å². The van der Waals surface area contributed by atoms with Gasteiger partial charge in [0.25, 0.3) is 0 Å². The summed E-state index contributed by atoms with van der Waals surface area (Å²) < 4.78 is 6.16. The fourth-order valence-corrected chi connectivity index (χ4v) is 2.48. The molecule has 1 aliphatic carbocycles. The number of carboxylic acids is 1. The van der Waals surface area contributed by atoms with Crippen molar-refractivity contribution in [2.45, 2.75) is 18.8 Å². The van der Waals surface area contributed by atoms with Crippen molar-refractivity contribution in [1.82, 2.24) is 4.98 Å². The van der Waals surface area contributed by atoms with Gasteiger partial charge >= 0.3 is 5.97 Å². The smallest absolute Gasteiger partial charge is 0.373 e. The zero-order valence-corrected chi connectivity index (χ0v) is 12.0. The molecule has 1 aliphatic rings. The standard InChI is InChI=1S/C13H9BrClNO3/c14-9-4-3-7(15)5-8(9)12-16-10(6-1-2-6)11(19-12)13(17)18/h3-6H,1-2H2,(H,17,18). The van der Waals surface area contributed by atoms with E-state index >= 15 is 0 Å². The van der Waals surface area contributed by atoms with Crippen molar-refractivity contribution >= 4 is 33.5 Å². The summed E-state index contributed by atoms with van der Waals surface area (Å²) in [6.45, 7) is 0. The molecule has 19 heavy (non-hydrogen) atoms. The van der Waals surface area contributed by atoms with Crippen molar-refractivity contribution < 1.29 is 14.3 Å². The lowest BCUT2D eigenvalue weighted by molar-refractivity contribution is 0.0661. The molecule has 0 radical (unpaired) electrons. The Hall–Kier alpha value is -1.33. The van der Waals surface area contributed by atoms with Gasteiger partial charge in [0, 0.05) is 15.4 Å². The molecule has 3 rings (SSSR count). The number of nitrogens with zero attached hydrogens (tertiary/aromatic N) is 1. The van der Waals surface area contributed by atoms with Gasteiger partial charge in [0.15, 0.2) is 0 Å². The Morgan fingerprint density at radius 3 is 2.84 bits per heavy atom. The Morgan fingerprint density at radius 2 is 2.21 bits per heavy atom. The van der Waals surface area contributed by atoms with E-state index < -0.39 is 5.97 Å². The fraction of sp³-hybridized carbons (Fsp3) is 0.231. The number of aromatic nitrogens is 1. The topological polar surface area (TPSA) is 63.3 Å². The number of aromatic carboxylic acids is 1. The lowest BCUT2D eigenvalue weighted by Gasteiger charge is -1.99. The Bertz CT molecular complexity index is 664. The highest BCUT2D eigenvalue weighted by molar-refractivity contribution is 9.10. The highest BCUT2D eigenvalue weighted by atomic mass is 79.9. The van der Waals surface area contributed by atoms with E-state index in [0.717, 1.165) is 17.3 Å². The molecule has 1 fully saturated rings. The van der Waals surface area contributed by atoms with Crippen LogP contribution in [0.4, 0.5) is 0 Å². The number of hydrogen-bond donors (Lipinski definition) is 1. The highest BCUT2D eigenvalue weighted by Gasteiger charge is 2.33. The van der Waals surface area contributed by atoms with E-state index in [4.69, 9.17) is 21.1 Å². The second-order valence-electron chi connectivity index (χ2n) is 4.44. The zero-order valence-electron chi connectivity index (χ0n) is 9.69. The largest absolute Gasteiger partial charge is 0.475 e. The molecule has 0 amide bonds. The number of oxazole rings is 1. The third kappa shape index (κ3) is 2.40. The molecule has 0 atom stereocenters. The molecular formula is C13H9BrClNO3. The van der Waals surface area contributed by atoms with E-state index in [1.54, 1.807) is 18.2 Å². The lowest BCUT2D eigenvalue weighted by Crippen LogP contribution is -1.98. The minimum atomic E-state index is -1.08. The van der Waals surface area contributed by atoms with Crippen LogP contribution >= 0.6 is 27.5 Å². The van der Waals surface area contributed by atoms with E-state index in [1.165, 1.54) is 0 Å². The molecule has 0 saturated heterocycles. The predicted octanol–water partition coefficient (Wildman–Crippen LogP) is 4.33. The van der Waals surface area contributed by atoms with Gasteiger partial charge in [0.1, 0.15) is 0 Å². The summed E-state index contributed by atoms with van der Waals surface area (Å²) in [5, 5.41) is 9.70. The van der Waals surface area contributed by atoms with Crippen LogP contribution in [0.3, 0.4) is 0 Å². The van der Waals surface area contributed by atoms with Crippen molar-refractivity contribution in [3.8, 4) is 11.5 Å². The van der Waals surface area contributed by atoms with E-state index in [9.17, 15) is 4.79 Å². The van der Waals surface area contributed by atoms with Gasteiger partial charge in [-0.1, -0.05) is 11.6 Å². The predicted molar refractivity (Wildman–Crippen MR) is 73.6 cm³/mol.